The average Bonchev–Trinajstić information content (AvgIpc) is 3.48. The van der Waals surface area contributed by atoms with Gasteiger partial charge >= 0.3 is 25.8 Å². The molecule has 2 N–H and O–H groups in total. The Kier molecular flexibility index (Phi) is 27.4. The van der Waals surface area contributed by atoms with E-state index in [1.54, 1.807) is 11.8 Å². The molecule has 0 aromatic carbocycles. The monoisotopic (exact) mass is 747 g/mol. The highest BCUT2D eigenvalue weighted by Gasteiger charge is 2.45. The first-order chi connectivity index (χ1) is 22.1. The fourth-order valence-corrected chi connectivity index (χ4v) is 4.75. The van der Waals surface area contributed by atoms with Crippen molar-refractivity contribution in [3.05, 3.63) is 0 Å². The van der Waals surface area contributed by atoms with Crippen LogP contribution in [0.2, 0.25) is 0 Å². The Hall–Kier alpha value is -1.87. The first-order valence-corrected chi connectivity index (χ1v) is 19.2. The standard InChI is InChI=1S/C15H29NO3.C13H25NO3.C2H6O.2CO2.H2P2S/c1-8-18-12-10-9-11(14(2,3)4)16(12)13(17)19-15(5,6)7;1-12(2,3)9-7-8-10(15)14(9)11(16)17-13(4,5)6;1-2-3;2*2-1-3;1-2-3/h11-12H,8-10H2,1-7H3;9-10,15H,7-8H2,1-6H3;3H,2H2,1H3;;;1H2/p+1/t11-,12?;9-,10?;;;;/m00..../s1/i/hT. The van der Waals surface area contributed by atoms with Gasteiger partial charge in [0.1, 0.15) is 23.7 Å². The van der Waals surface area contributed by atoms with E-state index < -0.39 is 30.5 Å². The van der Waals surface area contributed by atoms with Gasteiger partial charge in [-0.25, -0.2) is 9.59 Å². The molecule has 282 valence electrons. The smallest absolute Gasteiger partial charge is 0.412 e. The lowest BCUT2D eigenvalue weighted by Crippen LogP contribution is -2.49. The molecule has 0 spiro atoms. The van der Waals surface area contributed by atoms with Crippen LogP contribution in [0.5, 0.6) is 0 Å². The fraction of sp³-hybridized carbons (Fsp3) is 0.875. The molecule has 0 aromatic rings. The lowest BCUT2D eigenvalue weighted by atomic mass is 9.85. The van der Waals surface area contributed by atoms with E-state index in [2.05, 4.69) is 62.3 Å². The van der Waals surface area contributed by atoms with E-state index >= 15 is 0 Å². The minimum Gasteiger partial charge on any atom is -0.444 e. The molecule has 4 unspecified atom stereocenters. The molecule has 6 atom stereocenters. The quantitative estimate of drug-likeness (QED) is 0.302. The highest BCUT2D eigenvalue weighted by Crippen LogP contribution is 2.38. The zero-order valence-electron chi connectivity index (χ0n) is 32.4. The lowest BCUT2D eigenvalue weighted by Gasteiger charge is -2.38. The summed E-state index contributed by atoms with van der Waals surface area (Å²) < 4.78 is 23.0. The van der Waals surface area contributed by atoms with Crippen LogP contribution in [0.4, 0.5) is 9.59 Å². The summed E-state index contributed by atoms with van der Waals surface area (Å²) in [6, 6.07) is 0.200. The molecule has 0 aliphatic carbocycles. The number of carbonyl (C=O) groups is 2. The SMILES string of the molecule is CC(C)(C)OC(=O)N1C(O)CC[C@H]1C(C)(C)C.CCO.CCOC1CC[C@@H](C(C)(C)C)N1C(=O)OC(C)(C)C.O=C=O.O=C=O.[3H][P+](P)=S. The number of ether oxygens (including phenoxy) is 3. The van der Waals surface area contributed by atoms with Crippen LogP contribution in [0, 0.1) is 10.8 Å². The van der Waals surface area contributed by atoms with Gasteiger partial charge in [-0.05, 0) is 91.9 Å². The van der Waals surface area contributed by atoms with Crippen LogP contribution < -0.4 is 0 Å². The summed E-state index contributed by atoms with van der Waals surface area (Å²) in [6.07, 6.45) is 2.26. The normalized spacial score (nSPS) is 20.7. The minimum atomic E-state index is -0.870. The van der Waals surface area contributed by atoms with Gasteiger partial charge in [-0.1, -0.05) is 41.5 Å². The van der Waals surface area contributed by atoms with Crippen LogP contribution in [0.3, 0.4) is 0 Å². The number of hydrogen-bond acceptors (Lipinski definition) is 12. The Morgan fingerprint density at radius 1 is 0.792 bits per heavy atom. The predicted octanol–water partition coefficient (Wildman–Crippen LogP) is 6.29. The number of hydrogen-bond donors (Lipinski definition) is 2. The fourth-order valence-electron chi connectivity index (χ4n) is 4.75. The van der Waals surface area contributed by atoms with E-state index in [0.717, 1.165) is 19.3 Å². The highest BCUT2D eigenvalue weighted by molar-refractivity contribution is 8.24. The van der Waals surface area contributed by atoms with Gasteiger partial charge in [-0.15, -0.1) is 0 Å². The zero-order valence-corrected chi connectivity index (χ0v) is 34.3. The molecular formula is C32H63N2O11P2S+. The van der Waals surface area contributed by atoms with Gasteiger partial charge in [-0.2, -0.15) is 19.2 Å². The number of nitrogens with zero attached hydrogens (tertiary/aromatic N) is 2. The van der Waals surface area contributed by atoms with E-state index in [1.807, 2.05) is 48.5 Å². The number of aliphatic hydroxyl groups is 2. The third-order valence-electron chi connectivity index (χ3n) is 6.26. The summed E-state index contributed by atoms with van der Waals surface area (Å²) >= 11 is 4.31. The third kappa shape index (κ3) is 25.2. The Bertz CT molecular complexity index is 1010. The van der Waals surface area contributed by atoms with Crippen LogP contribution in [0.15, 0.2) is 0 Å². The summed E-state index contributed by atoms with van der Waals surface area (Å²) in [6.45, 7) is 27.5. The van der Waals surface area contributed by atoms with Crippen molar-refractivity contribution in [1.29, 1.82) is 1.28 Å². The van der Waals surface area contributed by atoms with Gasteiger partial charge in [0.25, 0.3) is 0 Å². The Labute approximate surface area is 298 Å². The Morgan fingerprint density at radius 2 is 1.08 bits per heavy atom. The molecule has 2 fully saturated rings. The van der Waals surface area contributed by atoms with E-state index in [1.165, 1.54) is 4.90 Å². The van der Waals surface area contributed by atoms with Crippen LogP contribution >= 0.6 is 15.9 Å². The van der Waals surface area contributed by atoms with Crippen molar-refractivity contribution >= 4 is 52.2 Å². The summed E-state index contributed by atoms with van der Waals surface area (Å²) in [5.74, 6) is 0. The molecule has 13 nitrogen and oxygen atoms in total. The molecular weight excluding hydrogens is 682 g/mol. The largest absolute Gasteiger partial charge is 0.444 e. The number of carbonyl (C=O) groups excluding carboxylic acids is 6. The van der Waals surface area contributed by atoms with Crippen molar-refractivity contribution in [2.75, 3.05) is 13.2 Å². The molecule has 48 heavy (non-hydrogen) atoms. The van der Waals surface area contributed by atoms with Gasteiger partial charge in [0.2, 0.25) is 0 Å². The third-order valence-corrected chi connectivity index (χ3v) is 6.26. The minimum absolute atomic E-state index is 0.0305. The predicted molar refractivity (Wildman–Crippen MR) is 191 cm³/mol. The van der Waals surface area contributed by atoms with Gasteiger partial charge < -0.3 is 24.4 Å². The van der Waals surface area contributed by atoms with Crippen molar-refractivity contribution in [3.63, 3.8) is 0 Å². The summed E-state index contributed by atoms with van der Waals surface area (Å²) in [4.78, 5) is 60.3. The maximum Gasteiger partial charge on any atom is 0.412 e. The van der Waals surface area contributed by atoms with E-state index in [9.17, 15) is 14.7 Å². The molecule has 16 heteroatoms. The van der Waals surface area contributed by atoms with Crippen molar-refractivity contribution in [3.8, 4) is 0 Å². The van der Waals surface area contributed by atoms with Crippen LogP contribution in [-0.4, -0.2) is 94.7 Å². The Morgan fingerprint density at radius 3 is 1.38 bits per heavy atom. The molecule has 2 amide bonds. The molecule has 0 saturated carbocycles. The second-order valence-electron chi connectivity index (χ2n) is 14.7. The second-order valence-corrected chi connectivity index (χ2v) is 17.4. The van der Waals surface area contributed by atoms with Crippen molar-refractivity contribution in [2.24, 2.45) is 10.8 Å². The van der Waals surface area contributed by atoms with Crippen LogP contribution in [0.25, 0.3) is 0 Å². The topological polar surface area (TPSA) is 177 Å². The lowest BCUT2D eigenvalue weighted by molar-refractivity contribution is -0.193. The van der Waals surface area contributed by atoms with Crippen LogP contribution in [0.1, 0.15) is 123 Å². The van der Waals surface area contributed by atoms with Gasteiger partial charge in [0.15, 0.2) is 18.8 Å². The number of rotatable bonds is 2. The summed E-state index contributed by atoms with van der Waals surface area (Å²) in [7, 11) is 2.20. The summed E-state index contributed by atoms with van der Waals surface area (Å²) in [5, 5.41) is 17.5. The first kappa shape index (κ1) is 50.5. The molecule has 2 aliphatic heterocycles. The number of aliphatic hydroxyl groups excluding tert-OH is 2. The van der Waals surface area contributed by atoms with E-state index in [0.29, 0.717) is 13.0 Å². The summed E-state index contributed by atoms with van der Waals surface area (Å²) in [5.41, 5.74) is -1.02. The maximum absolute atomic E-state index is 12.4. The number of amides is 2. The molecule has 0 bridgehead atoms. The Balaban J connectivity index is -0.000000306. The molecule has 2 saturated heterocycles. The molecule has 2 aliphatic rings. The number of likely N-dealkylation sites (tertiary alicyclic amines) is 2. The van der Waals surface area contributed by atoms with Gasteiger partial charge in [0.05, 0.1) is 8.93 Å². The molecule has 0 aromatic heterocycles. The zero-order chi connectivity index (χ0) is 40.0. The average molecular weight is 748 g/mol. The first-order valence-electron chi connectivity index (χ1n) is 16.1. The van der Waals surface area contributed by atoms with Crippen molar-refractivity contribution in [1.82, 2.24) is 9.80 Å². The second kappa shape index (κ2) is 26.0. The highest BCUT2D eigenvalue weighted by atomic mass is 32.6. The van der Waals surface area contributed by atoms with Crippen molar-refractivity contribution in [2.45, 2.75) is 158 Å². The molecule has 2 rings (SSSR count). The van der Waals surface area contributed by atoms with E-state index in [-0.39, 0.29) is 54.1 Å². The van der Waals surface area contributed by atoms with Crippen LogP contribution in [-0.2, 0) is 45.2 Å². The van der Waals surface area contributed by atoms with Crippen molar-refractivity contribution < 1.29 is 53.2 Å². The van der Waals surface area contributed by atoms with Gasteiger partial charge in [-0.3, -0.25) is 9.80 Å². The van der Waals surface area contributed by atoms with Gasteiger partial charge in [0, 0.05) is 25.3 Å². The molecule has 2 heterocycles. The van der Waals surface area contributed by atoms with E-state index in [4.69, 9.17) is 39.8 Å². The maximum atomic E-state index is 12.4. The molecule has 0 radical (unpaired) electrons.